The Morgan fingerprint density at radius 3 is 2.69 bits per heavy atom. The van der Waals surface area contributed by atoms with Crippen molar-refractivity contribution in [2.45, 2.75) is 19.4 Å². The van der Waals surface area contributed by atoms with E-state index in [0.717, 1.165) is 41.9 Å². The third kappa shape index (κ3) is 2.54. The van der Waals surface area contributed by atoms with E-state index in [9.17, 15) is 5.26 Å². The molecule has 2 aromatic carbocycles. The van der Waals surface area contributed by atoms with E-state index in [1.165, 1.54) is 6.39 Å². The predicted octanol–water partition coefficient (Wildman–Crippen LogP) is 3.82. The van der Waals surface area contributed by atoms with Gasteiger partial charge in [-0.3, -0.25) is 0 Å². The Bertz CT molecular complexity index is 985. The van der Waals surface area contributed by atoms with Gasteiger partial charge in [-0.1, -0.05) is 30.3 Å². The van der Waals surface area contributed by atoms with E-state index >= 15 is 0 Å². The average Bonchev–Trinajstić information content (AvgIpc) is 3.31. The van der Waals surface area contributed by atoms with Crippen molar-refractivity contribution < 1.29 is 4.42 Å². The van der Waals surface area contributed by atoms with E-state index < -0.39 is 0 Å². The number of fused-ring (bicyclic) bond motifs is 1. The largest absolute Gasteiger partial charge is 0.441 e. The van der Waals surface area contributed by atoms with Gasteiger partial charge in [0.05, 0.1) is 11.3 Å². The number of nitrogens with zero attached hydrogens (tertiary/aromatic N) is 4. The van der Waals surface area contributed by atoms with Gasteiger partial charge < -0.3 is 14.2 Å². The average molecular weight is 346 g/mol. The van der Waals surface area contributed by atoms with Crippen LogP contribution in [0.1, 0.15) is 17.5 Å². The van der Waals surface area contributed by atoms with Crippen LogP contribution in [0.2, 0.25) is 0 Å². The summed E-state index contributed by atoms with van der Waals surface area (Å²) in [5.41, 5.74) is 6.17. The second-order valence-electron chi connectivity index (χ2n) is 7.08. The molecular formula is C21H22N4O. The van der Waals surface area contributed by atoms with Gasteiger partial charge >= 0.3 is 0 Å². The van der Waals surface area contributed by atoms with E-state index in [1.807, 2.05) is 25.1 Å². The highest BCUT2D eigenvalue weighted by Crippen LogP contribution is 2.43. The lowest BCUT2D eigenvalue weighted by atomic mass is 9.93. The van der Waals surface area contributed by atoms with Crippen molar-refractivity contribution in [3.63, 3.8) is 0 Å². The number of hydrogen-bond donors (Lipinski definition) is 0. The van der Waals surface area contributed by atoms with E-state index in [1.54, 1.807) is 0 Å². The van der Waals surface area contributed by atoms with Crippen molar-refractivity contribution in [2.75, 3.05) is 32.1 Å². The van der Waals surface area contributed by atoms with Crippen molar-refractivity contribution in [1.29, 1.82) is 5.26 Å². The zero-order chi connectivity index (χ0) is 18.3. The maximum Gasteiger partial charge on any atom is 0.182 e. The molecule has 1 aromatic heterocycles. The smallest absolute Gasteiger partial charge is 0.182 e. The SMILES string of the molecule is Cc1c(-c2ccccc2)c(N2CC[C@H](N(C)C)C2)c2ocnc2c1C#N. The van der Waals surface area contributed by atoms with E-state index in [-0.39, 0.29) is 0 Å². The maximum atomic E-state index is 9.73. The van der Waals surface area contributed by atoms with E-state index in [0.29, 0.717) is 22.7 Å². The summed E-state index contributed by atoms with van der Waals surface area (Å²) in [5, 5.41) is 9.73. The second kappa shape index (κ2) is 6.47. The molecule has 3 aromatic rings. The second-order valence-corrected chi connectivity index (χ2v) is 7.08. The minimum absolute atomic E-state index is 0.507. The van der Waals surface area contributed by atoms with Gasteiger partial charge in [0.1, 0.15) is 11.6 Å². The molecule has 0 aliphatic carbocycles. The third-order valence-electron chi connectivity index (χ3n) is 5.39. The van der Waals surface area contributed by atoms with Gasteiger partial charge in [0.2, 0.25) is 0 Å². The molecule has 0 N–H and O–H groups in total. The molecule has 5 heteroatoms. The van der Waals surface area contributed by atoms with Gasteiger partial charge in [0, 0.05) is 24.7 Å². The molecule has 132 valence electrons. The van der Waals surface area contributed by atoms with Crippen LogP contribution in [-0.2, 0) is 0 Å². The molecule has 5 nitrogen and oxygen atoms in total. The molecule has 4 rings (SSSR count). The highest BCUT2D eigenvalue weighted by Gasteiger charge is 2.30. The number of oxazole rings is 1. The van der Waals surface area contributed by atoms with Crippen LogP contribution >= 0.6 is 0 Å². The zero-order valence-corrected chi connectivity index (χ0v) is 15.4. The standard InChI is InChI=1S/C21H22N4O/c1-14-17(11-22)19-21(26-13-23-19)20(18(14)15-7-5-4-6-8-15)25-10-9-16(12-25)24(2)3/h4-8,13,16H,9-10,12H2,1-3H3/t16-/m0/s1. The van der Waals surface area contributed by atoms with Crippen LogP contribution < -0.4 is 4.90 Å². The van der Waals surface area contributed by atoms with Crippen molar-refractivity contribution in [3.8, 4) is 17.2 Å². The van der Waals surface area contributed by atoms with Crippen molar-refractivity contribution in [2.24, 2.45) is 0 Å². The predicted molar refractivity (Wildman–Crippen MR) is 103 cm³/mol. The fourth-order valence-electron chi connectivity index (χ4n) is 3.95. The highest BCUT2D eigenvalue weighted by atomic mass is 16.3. The van der Waals surface area contributed by atoms with Crippen LogP contribution in [0.15, 0.2) is 41.1 Å². The lowest BCUT2D eigenvalue weighted by molar-refractivity contribution is 0.315. The Morgan fingerprint density at radius 1 is 1.27 bits per heavy atom. The first-order valence-corrected chi connectivity index (χ1v) is 8.88. The molecule has 0 radical (unpaired) electrons. The molecule has 1 saturated heterocycles. The molecule has 1 aliphatic rings. The van der Waals surface area contributed by atoms with Crippen LogP contribution in [0.3, 0.4) is 0 Å². The molecule has 26 heavy (non-hydrogen) atoms. The summed E-state index contributed by atoms with van der Waals surface area (Å²) in [5.74, 6) is 0. The van der Waals surface area contributed by atoms with Gasteiger partial charge in [0.25, 0.3) is 0 Å². The summed E-state index contributed by atoms with van der Waals surface area (Å²) in [6, 6.07) is 13.1. The van der Waals surface area contributed by atoms with Crippen LogP contribution in [0.5, 0.6) is 0 Å². The number of rotatable bonds is 3. The number of nitriles is 1. The summed E-state index contributed by atoms with van der Waals surface area (Å²) >= 11 is 0. The molecule has 2 heterocycles. The van der Waals surface area contributed by atoms with Crippen LogP contribution in [0, 0.1) is 18.3 Å². The lowest BCUT2D eigenvalue weighted by Crippen LogP contribution is -2.31. The third-order valence-corrected chi connectivity index (χ3v) is 5.39. The molecule has 1 aliphatic heterocycles. The van der Waals surface area contributed by atoms with Gasteiger partial charge in [-0.2, -0.15) is 5.26 Å². The van der Waals surface area contributed by atoms with E-state index in [2.05, 4.69) is 47.1 Å². The summed E-state index contributed by atoms with van der Waals surface area (Å²) in [6.45, 7) is 3.91. The summed E-state index contributed by atoms with van der Waals surface area (Å²) in [4.78, 5) is 9.00. The van der Waals surface area contributed by atoms with Gasteiger partial charge in [-0.05, 0) is 38.6 Å². The first-order valence-electron chi connectivity index (χ1n) is 8.88. The molecule has 0 amide bonds. The fourth-order valence-corrected chi connectivity index (χ4v) is 3.95. The van der Waals surface area contributed by atoms with Crippen LogP contribution in [0.4, 0.5) is 5.69 Å². The van der Waals surface area contributed by atoms with Gasteiger partial charge in [0.15, 0.2) is 12.0 Å². The van der Waals surface area contributed by atoms with E-state index in [4.69, 9.17) is 4.42 Å². The van der Waals surface area contributed by atoms with Crippen molar-refractivity contribution in [1.82, 2.24) is 9.88 Å². The van der Waals surface area contributed by atoms with Crippen molar-refractivity contribution in [3.05, 3.63) is 47.9 Å². The monoisotopic (exact) mass is 346 g/mol. The minimum Gasteiger partial charge on any atom is -0.441 e. The van der Waals surface area contributed by atoms with Crippen LogP contribution in [0.25, 0.3) is 22.2 Å². The summed E-state index contributed by atoms with van der Waals surface area (Å²) < 4.78 is 5.80. The number of anilines is 1. The van der Waals surface area contributed by atoms with Crippen molar-refractivity contribution >= 4 is 16.8 Å². The van der Waals surface area contributed by atoms with Gasteiger partial charge in [-0.25, -0.2) is 4.98 Å². The lowest BCUT2D eigenvalue weighted by Gasteiger charge is -2.25. The Hall–Kier alpha value is -2.84. The Labute approximate surface area is 153 Å². The molecule has 1 fully saturated rings. The maximum absolute atomic E-state index is 9.73. The number of aromatic nitrogens is 1. The number of hydrogen-bond acceptors (Lipinski definition) is 5. The highest BCUT2D eigenvalue weighted by molar-refractivity contribution is 6.02. The molecule has 0 unspecified atom stereocenters. The van der Waals surface area contributed by atoms with Gasteiger partial charge in [-0.15, -0.1) is 0 Å². The first-order chi connectivity index (χ1) is 12.6. The first kappa shape index (κ1) is 16.6. The molecule has 0 saturated carbocycles. The quantitative estimate of drug-likeness (QED) is 0.722. The Morgan fingerprint density at radius 2 is 2.04 bits per heavy atom. The number of benzene rings is 2. The molecule has 1 atom stereocenters. The number of likely N-dealkylation sites (N-methyl/N-ethyl adjacent to an activating group) is 1. The Balaban J connectivity index is 1.99. The topological polar surface area (TPSA) is 56.3 Å². The summed E-state index contributed by atoms with van der Waals surface area (Å²) in [7, 11) is 4.25. The molecular weight excluding hydrogens is 324 g/mol. The van der Waals surface area contributed by atoms with Crippen LogP contribution in [-0.4, -0.2) is 43.1 Å². The molecule has 0 spiro atoms. The Kier molecular flexibility index (Phi) is 4.14. The fraction of sp³-hybridized carbons (Fsp3) is 0.333. The summed E-state index contributed by atoms with van der Waals surface area (Å²) in [6.07, 6.45) is 2.55. The molecule has 0 bridgehead atoms. The minimum atomic E-state index is 0.507. The normalized spacial score (nSPS) is 17.2. The zero-order valence-electron chi connectivity index (χ0n) is 15.4.